The van der Waals surface area contributed by atoms with Crippen molar-refractivity contribution in [1.29, 1.82) is 0 Å². The van der Waals surface area contributed by atoms with E-state index in [9.17, 15) is 4.79 Å². The molecule has 0 bridgehead atoms. The summed E-state index contributed by atoms with van der Waals surface area (Å²) in [6, 6.07) is 17.2. The van der Waals surface area contributed by atoms with E-state index in [2.05, 4.69) is 34.0 Å². The van der Waals surface area contributed by atoms with Gasteiger partial charge < -0.3 is 15.5 Å². The topological polar surface area (TPSA) is 57.3 Å². The summed E-state index contributed by atoms with van der Waals surface area (Å²) in [6.45, 7) is 2.26. The average molecular weight is 409 g/mol. The highest BCUT2D eigenvalue weighted by atomic mass is 32.1. The molecule has 2 aromatic heterocycles. The molecule has 0 unspecified atom stereocenters. The minimum Gasteiger partial charge on any atom is -0.352 e. The van der Waals surface area contributed by atoms with Crippen LogP contribution in [0.1, 0.15) is 28.2 Å². The van der Waals surface area contributed by atoms with Gasteiger partial charge >= 0.3 is 0 Å². The number of hydrogen-bond donors (Lipinski definition) is 2. The summed E-state index contributed by atoms with van der Waals surface area (Å²) in [6.07, 6.45) is 1.78. The maximum atomic E-state index is 12.7. The number of hydrogen-bond acceptors (Lipinski definition) is 4. The first-order chi connectivity index (χ1) is 13.6. The Bertz CT molecular complexity index is 974. The second-order valence-electron chi connectivity index (χ2n) is 6.64. The van der Waals surface area contributed by atoms with Crippen LogP contribution in [0.2, 0.25) is 0 Å². The highest BCUT2D eigenvalue weighted by molar-refractivity contribution is 7.80. The summed E-state index contributed by atoms with van der Waals surface area (Å²) in [5, 5.41) is 8.96. The highest BCUT2D eigenvalue weighted by Gasteiger charge is 2.41. The van der Waals surface area contributed by atoms with E-state index >= 15 is 0 Å². The average Bonchev–Trinajstić information content (AvgIpc) is 3.26. The van der Waals surface area contributed by atoms with E-state index in [4.69, 9.17) is 12.2 Å². The lowest BCUT2D eigenvalue weighted by Gasteiger charge is -2.27. The Balaban J connectivity index is 1.62. The summed E-state index contributed by atoms with van der Waals surface area (Å²) < 4.78 is 0. The number of anilines is 1. The molecule has 0 saturated carbocycles. The van der Waals surface area contributed by atoms with Crippen LogP contribution in [0.15, 0.2) is 66.2 Å². The summed E-state index contributed by atoms with van der Waals surface area (Å²) >= 11 is 7.29. The lowest BCUT2D eigenvalue weighted by molar-refractivity contribution is -0.116. The Labute approximate surface area is 173 Å². The number of thiocarbonyl (C=S) groups is 1. The van der Waals surface area contributed by atoms with Gasteiger partial charge in [-0.1, -0.05) is 24.3 Å². The number of aryl methyl sites for hydroxylation is 1. The molecule has 5 nitrogen and oxygen atoms in total. The van der Waals surface area contributed by atoms with Crippen molar-refractivity contribution in [1.82, 2.24) is 15.2 Å². The first-order valence-electron chi connectivity index (χ1n) is 9.00. The molecular weight excluding hydrogens is 388 g/mol. The minimum atomic E-state index is -0.101. The van der Waals surface area contributed by atoms with Crippen molar-refractivity contribution in [3.8, 4) is 0 Å². The minimum absolute atomic E-state index is 0.0797. The van der Waals surface area contributed by atoms with Gasteiger partial charge in [0.1, 0.15) is 6.54 Å². The van der Waals surface area contributed by atoms with Crippen LogP contribution >= 0.6 is 23.6 Å². The number of aromatic nitrogens is 1. The molecule has 4 rings (SSSR count). The molecule has 142 valence electrons. The zero-order chi connectivity index (χ0) is 19.5. The zero-order valence-electron chi connectivity index (χ0n) is 15.3. The van der Waals surface area contributed by atoms with Gasteiger partial charge in [0, 0.05) is 16.8 Å². The third kappa shape index (κ3) is 3.76. The van der Waals surface area contributed by atoms with Crippen LogP contribution in [0.4, 0.5) is 5.69 Å². The maximum absolute atomic E-state index is 12.7. The number of carbonyl (C=O) groups is 1. The predicted molar refractivity (Wildman–Crippen MR) is 116 cm³/mol. The summed E-state index contributed by atoms with van der Waals surface area (Å²) in [5.74, 6) is -0.101. The molecule has 7 heteroatoms. The van der Waals surface area contributed by atoms with E-state index in [1.165, 1.54) is 10.4 Å². The number of nitrogens with one attached hydrogen (secondary N) is 2. The molecule has 0 aliphatic carbocycles. The van der Waals surface area contributed by atoms with Crippen molar-refractivity contribution in [3.63, 3.8) is 0 Å². The van der Waals surface area contributed by atoms with E-state index < -0.39 is 0 Å². The second-order valence-corrected chi connectivity index (χ2v) is 7.97. The molecule has 1 fully saturated rings. The third-order valence-corrected chi connectivity index (χ3v) is 6.18. The molecule has 2 atom stereocenters. The number of carbonyl (C=O) groups excluding carboxylic acids is 1. The molecular formula is C21H20N4OS2. The first-order valence-corrected chi connectivity index (χ1v) is 10.3. The molecule has 3 heterocycles. The van der Waals surface area contributed by atoms with Gasteiger partial charge in [0.05, 0.1) is 17.8 Å². The second kappa shape index (κ2) is 8.08. The smallest absolute Gasteiger partial charge is 0.244 e. The van der Waals surface area contributed by atoms with E-state index in [0.717, 1.165) is 11.4 Å². The molecule has 1 aliphatic heterocycles. The van der Waals surface area contributed by atoms with Crippen LogP contribution in [0.5, 0.6) is 0 Å². The Morgan fingerprint density at radius 2 is 2.00 bits per heavy atom. The van der Waals surface area contributed by atoms with Crippen molar-refractivity contribution >= 4 is 40.3 Å². The molecule has 3 aromatic rings. The fourth-order valence-corrected chi connectivity index (χ4v) is 4.80. The maximum Gasteiger partial charge on any atom is 0.244 e. The molecule has 0 spiro atoms. The van der Waals surface area contributed by atoms with Gasteiger partial charge in [0.2, 0.25) is 5.91 Å². The van der Waals surface area contributed by atoms with Gasteiger partial charge in [-0.3, -0.25) is 9.78 Å². The highest BCUT2D eigenvalue weighted by Crippen LogP contribution is 2.41. The zero-order valence-corrected chi connectivity index (χ0v) is 17.0. The largest absolute Gasteiger partial charge is 0.352 e. The van der Waals surface area contributed by atoms with Crippen LogP contribution < -0.4 is 10.6 Å². The number of amides is 1. The van der Waals surface area contributed by atoms with Crippen molar-refractivity contribution < 1.29 is 4.79 Å². The first kappa shape index (κ1) is 18.6. The van der Waals surface area contributed by atoms with Gasteiger partial charge in [0.25, 0.3) is 0 Å². The molecule has 1 saturated heterocycles. The number of benzene rings is 1. The standard InChI is InChI=1S/C21H20N4OS2/c1-14-10-12-28-20(14)19-18(16-9-5-6-11-22-16)24-21(27)25(19)13-17(26)23-15-7-3-2-4-8-15/h2-12,18-19H,13H2,1H3,(H,23,26)(H,24,27)/t18-,19-/m0/s1. The Morgan fingerprint density at radius 1 is 1.21 bits per heavy atom. The third-order valence-electron chi connectivity index (χ3n) is 4.74. The van der Waals surface area contributed by atoms with Gasteiger partial charge in [-0.2, -0.15) is 0 Å². The lowest BCUT2D eigenvalue weighted by Crippen LogP contribution is -2.37. The predicted octanol–water partition coefficient (Wildman–Crippen LogP) is 4.06. The molecule has 1 aromatic carbocycles. The van der Waals surface area contributed by atoms with E-state index in [1.807, 2.05) is 53.4 Å². The molecule has 28 heavy (non-hydrogen) atoms. The fourth-order valence-electron chi connectivity index (χ4n) is 3.42. The van der Waals surface area contributed by atoms with Gasteiger partial charge in [0.15, 0.2) is 5.11 Å². The van der Waals surface area contributed by atoms with Crippen LogP contribution in [-0.4, -0.2) is 27.4 Å². The van der Waals surface area contributed by atoms with Gasteiger partial charge in [-0.05, 0) is 60.4 Å². The van der Waals surface area contributed by atoms with Crippen molar-refractivity contribution in [2.75, 3.05) is 11.9 Å². The Kier molecular flexibility index (Phi) is 5.36. The number of rotatable bonds is 5. The van der Waals surface area contributed by atoms with Crippen molar-refractivity contribution in [2.45, 2.75) is 19.0 Å². The normalized spacial score (nSPS) is 18.8. The van der Waals surface area contributed by atoms with Gasteiger partial charge in [-0.25, -0.2) is 0 Å². The monoisotopic (exact) mass is 408 g/mol. The SMILES string of the molecule is Cc1ccsc1[C@@H]1[C@H](c2ccccn2)NC(=S)N1CC(=O)Nc1ccccc1. The molecule has 0 radical (unpaired) electrons. The quantitative estimate of drug-likeness (QED) is 0.624. The number of thiophene rings is 1. The van der Waals surface area contributed by atoms with Crippen LogP contribution in [0.3, 0.4) is 0 Å². The summed E-state index contributed by atoms with van der Waals surface area (Å²) in [4.78, 5) is 20.4. The van der Waals surface area contributed by atoms with E-state index in [1.54, 1.807) is 17.5 Å². The number of para-hydroxylation sites is 1. The summed E-state index contributed by atoms with van der Waals surface area (Å²) in [5.41, 5.74) is 2.88. The molecule has 1 aliphatic rings. The van der Waals surface area contributed by atoms with Crippen LogP contribution in [0, 0.1) is 6.92 Å². The number of nitrogens with zero attached hydrogens (tertiary/aromatic N) is 2. The molecule has 2 N–H and O–H groups in total. The van der Waals surface area contributed by atoms with Crippen molar-refractivity contribution in [2.24, 2.45) is 0 Å². The Hall–Kier alpha value is -2.77. The van der Waals surface area contributed by atoms with Crippen molar-refractivity contribution in [3.05, 3.63) is 82.3 Å². The number of pyridine rings is 1. The van der Waals surface area contributed by atoms with E-state index in [0.29, 0.717) is 5.11 Å². The Morgan fingerprint density at radius 3 is 2.68 bits per heavy atom. The molecule has 1 amide bonds. The van der Waals surface area contributed by atoms with Crippen LogP contribution in [-0.2, 0) is 4.79 Å². The van der Waals surface area contributed by atoms with E-state index in [-0.39, 0.29) is 24.5 Å². The lowest BCUT2D eigenvalue weighted by atomic mass is 10.0. The fraction of sp³-hybridized carbons (Fsp3) is 0.190. The van der Waals surface area contributed by atoms with Crippen LogP contribution in [0.25, 0.3) is 0 Å². The summed E-state index contributed by atoms with van der Waals surface area (Å²) in [7, 11) is 0. The van der Waals surface area contributed by atoms with Gasteiger partial charge in [-0.15, -0.1) is 11.3 Å².